The van der Waals surface area contributed by atoms with Crippen LogP contribution < -0.4 is 5.73 Å². The van der Waals surface area contributed by atoms with Crippen molar-refractivity contribution in [1.29, 1.82) is 0 Å². The summed E-state index contributed by atoms with van der Waals surface area (Å²) in [5.74, 6) is 0. The molecule has 19 heavy (non-hydrogen) atoms. The van der Waals surface area contributed by atoms with Crippen LogP contribution in [0.2, 0.25) is 0 Å². The molecule has 1 atom stereocenters. The second-order valence-electron chi connectivity index (χ2n) is 6.99. The lowest BCUT2D eigenvalue weighted by atomic mass is 9.84. The predicted molar refractivity (Wildman–Crippen MR) is 84.5 cm³/mol. The molecule has 3 heteroatoms. The van der Waals surface area contributed by atoms with Crippen LogP contribution in [0.3, 0.4) is 0 Å². The molecular weight excluding hydrogens is 234 g/mol. The molecule has 2 N–H and O–H groups in total. The third-order valence-electron chi connectivity index (χ3n) is 4.64. The van der Waals surface area contributed by atoms with Gasteiger partial charge in [0.05, 0.1) is 0 Å². The van der Waals surface area contributed by atoms with Crippen LogP contribution >= 0.6 is 0 Å². The third kappa shape index (κ3) is 6.24. The van der Waals surface area contributed by atoms with Crippen LogP contribution in [-0.2, 0) is 0 Å². The van der Waals surface area contributed by atoms with Gasteiger partial charge in [-0.3, -0.25) is 4.90 Å². The van der Waals surface area contributed by atoms with Crippen LogP contribution in [-0.4, -0.2) is 55.6 Å². The van der Waals surface area contributed by atoms with E-state index >= 15 is 0 Å². The Bertz CT molecular complexity index is 240. The van der Waals surface area contributed by atoms with Crippen molar-refractivity contribution in [2.24, 2.45) is 11.1 Å². The first-order valence-electron chi connectivity index (χ1n) is 8.11. The molecule has 0 aromatic heterocycles. The van der Waals surface area contributed by atoms with Gasteiger partial charge < -0.3 is 10.6 Å². The standard InChI is InChI=1S/C16H35N3/c1-5-19-13-6-8-15(19)14-18(4)12-7-9-16(2,3)10-11-17/h15H,5-14,17H2,1-4H3. The summed E-state index contributed by atoms with van der Waals surface area (Å²) in [6.45, 7) is 12.8. The van der Waals surface area contributed by atoms with Gasteiger partial charge in [0.2, 0.25) is 0 Å². The molecule has 1 fully saturated rings. The monoisotopic (exact) mass is 269 g/mol. The van der Waals surface area contributed by atoms with Crippen LogP contribution in [0, 0.1) is 5.41 Å². The van der Waals surface area contributed by atoms with Crippen LogP contribution in [0.5, 0.6) is 0 Å². The van der Waals surface area contributed by atoms with E-state index in [0.29, 0.717) is 5.41 Å². The summed E-state index contributed by atoms with van der Waals surface area (Å²) in [5.41, 5.74) is 6.08. The summed E-state index contributed by atoms with van der Waals surface area (Å²) < 4.78 is 0. The Morgan fingerprint density at radius 1 is 1.32 bits per heavy atom. The van der Waals surface area contributed by atoms with Gasteiger partial charge in [-0.05, 0) is 70.7 Å². The normalized spacial score (nSPS) is 21.5. The van der Waals surface area contributed by atoms with Crippen LogP contribution in [0.15, 0.2) is 0 Å². The molecule has 0 amide bonds. The first kappa shape index (κ1) is 16.9. The van der Waals surface area contributed by atoms with E-state index in [2.05, 4.69) is 37.6 Å². The molecule has 0 aromatic carbocycles. The van der Waals surface area contributed by atoms with E-state index in [0.717, 1.165) is 19.0 Å². The molecular formula is C16H35N3. The van der Waals surface area contributed by atoms with E-state index in [9.17, 15) is 0 Å². The zero-order chi connectivity index (χ0) is 14.3. The fourth-order valence-electron chi connectivity index (χ4n) is 3.31. The zero-order valence-electron chi connectivity index (χ0n) is 13.6. The molecule has 0 aromatic rings. The Morgan fingerprint density at radius 2 is 2.05 bits per heavy atom. The number of nitrogens with zero attached hydrogens (tertiary/aromatic N) is 2. The summed E-state index contributed by atoms with van der Waals surface area (Å²) in [5, 5.41) is 0. The van der Waals surface area contributed by atoms with E-state index in [4.69, 9.17) is 5.73 Å². The molecule has 1 unspecified atom stereocenters. The number of rotatable bonds is 9. The first-order chi connectivity index (χ1) is 8.98. The molecule has 0 saturated carbocycles. The van der Waals surface area contributed by atoms with Crippen molar-refractivity contribution in [2.75, 3.05) is 39.8 Å². The Kier molecular flexibility index (Phi) is 7.33. The lowest BCUT2D eigenvalue weighted by Gasteiger charge is -2.29. The van der Waals surface area contributed by atoms with Gasteiger partial charge in [0.25, 0.3) is 0 Å². The van der Waals surface area contributed by atoms with E-state index in [1.807, 2.05) is 0 Å². The van der Waals surface area contributed by atoms with Gasteiger partial charge in [0, 0.05) is 12.6 Å². The lowest BCUT2D eigenvalue weighted by molar-refractivity contribution is 0.189. The summed E-state index contributed by atoms with van der Waals surface area (Å²) in [6.07, 6.45) is 6.49. The highest BCUT2D eigenvalue weighted by Crippen LogP contribution is 2.26. The smallest absolute Gasteiger partial charge is 0.0223 e. The van der Waals surface area contributed by atoms with Crippen molar-refractivity contribution >= 4 is 0 Å². The molecule has 0 aliphatic carbocycles. The third-order valence-corrected chi connectivity index (χ3v) is 4.64. The number of hydrogen-bond acceptors (Lipinski definition) is 3. The number of hydrogen-bond donors (Lipinski definition) is 1. The molecule has 1 aliphatic heterocycles. The van der Waals surface area contributed by atoms with Gasteiger partial charge in [-0.25, -0.2) is 0 Å². The molecule has 3 nitrogen and oxygen atoms in total. The van der Waals surface area contributed by atoms with E-state index < -0.39 is 0 Å². The van der Waals surface area contributed by atoms with E-state index in [1.54, 1.807) is 0 Å². The van der Waals surface area contributed by atoms with Gasteiger partial charge >= 0.3 is 0 Å². The fraction of sp³-hybridized carbons (Fsp3) is 1.00. The van der Waals surface area contributed by atoms with E-state index in [-0.39, 0.29) is 0 Å². The SMILES string of the molecule is CCN1CCCC1CN(C)CCCC(C)(C)CCN. The Labute approximate surface area is 120 Å². The molecule has 0 bridgehead atoms. The van der Waals surface area contributed by atoms with Crippen molar-refractivity contribution in [2.45, 2.75) is 58.9 Å². The van der Waals surface area contributed by atoms with Crippen molar-refractivity contribution in [1.82, 2.24) is 9.80 Å². The Hall–Kier alpha value is -0.120. The van der Waals surface area contributed by atoms with E-state index in [1.165, 1.54) is 51.9 Å². The number of nitrogens with two attached hydrogens (primary N) is 1. The maximum atomic E-state index is 5.67. The van der Waals surface area contributed by atoms with Gasteiger partial charge in [0.15, 0.2) is 0 Å². The van der Waals surface area contributed by atoms with Gasteiger partial charge in [-0.15, -0.1) is 0 Å². The van der Waals surface area contributed by atoms with Crippen molar-refractivity contribution < 1.29 is 0 Å². The summed E-state index contributed by atoms with van der Waals surface area (Å²) >= 11 is 0. The van der Waals surface area contributed by atoms with Crippen molar-refractivity contribution in [3.05, 3.63) is 0 Å². The zero-order valence-corrected chi connectivity index (χ0v) is 13.6. The highest BCUT2D eigenvalue weighted by atomic mass is 15.2. The Morgan fingerprint density at radius 3 is 2.68 bits per heavy atom. The van der Waals surface area contributed by atoms with Crippen molar-refractivity contribution in [3.8, 4) is 0 Å². The lowest BCUT2D eigenvalue weighted by Crippen LogP contribution is -2.39. The van der Waals surface area contributed by atoms with Crippen molar-refractivity contribution in [3.63, 3.8) is 0 Å². The summed E-state index contributed by atoms with van der Waals surface area (Å²) in [4.78, 5) is 5.16. The number of likely N-dealkylation sites (tertiary alicyclic amines) is 1. The maximum absolute atomic E-state index is 5.67. The molecule has 1 heterocycles. The Balaban J connectivity index is 2.19. The summed E-state index contributed by atoms with van der Waals surface area (Å²) in [6, 6.07) is 0.798. The minimum Gasteiger partial charge on any atom is -0.330 e. The van der Waals surface area contributed by atoms with Crippen LogP contribution in [0.4, 0.5) is 0 Å². The molecule has 1 saturated heterocycles. The predicted octanol–water partition coefficient (Wildman–Crippen LogP) is 2.56. The average molecular weight is 269 g/mol. The van der Waals surface area contributed by atoms with Gasteiger partial charge in [-0.2, -0.15) is 0 Å². The summed E-state index contributed by atoms with van der Waals surface area (Å²) in [7, 11) is 2.28. The first-order valence-corrected chi connectivity index (χ1v) is 8.11. The molecule has 0 spiro atoms. The minimum absolute atomic E-state index is 0.415. The minimum atomic E-state index is 0.415. The molecule has 1 rings (SSSR count). The number of likely N-dealkylation sites (N-methyl/N-ethyl adjacent to an activating group) is 2. The molecule has 114 valence electrons. The second kappa shape index (κ2) is 8.23. The maximum Gasteiger partial charge on any atom is 0.0223 e. The van der Waals surface area contributed by atoms with Gasteiger partial charge in [-0.1, -0.05) is 20.8 Å². The quantitative estimate of drug-likeness (QED) is 0.698. The molecule has 1 aliphatic rings. The largest absolute Gasteiger partial charge is 0.330 e. The van der Waals surface area contributed by atoms with Crippen LogP contribution in [0.25, 0.3) is 0 Å². The van der Waals surface area contributed by atoms with Gasteiger partial charge in [0.1, 0.15) is 0 Å². The second-order valence-corrected chi connectivity index (χ2v) is 6.99. The topological polar surface area (TPSA) is 32.5 Å². The average Bonchev–Trinajstić information content (AvgIpc) is 2.75. The fourth-order valence-corrected chi connectivity index (χ4v) is 3.31. The molecule has 0 radical (unpaired) electrons. The highest BCUT2D eigenvalue weighted by molar-refractivity contribution is 4.80. The van der Waals surface area contributed by atoms with Crippen LogP contribution in [0.1, 0.15) is 52.9 Å². The highest BCUT2D eigenvalue weighted by Gasteiger charge is 2.24.